The zero-order valence-electron chi connectivity index (χ0n) is 6.30. The van der Waals surface area contributed by atoms with Gasteiger partial charge in [-0.05, 0) is 32.6 Å². The summed E-state index contributed by atoms with van der Waals surface area (Å²) in [6, 6.07) is 1.78. The van der Waals surface area contributed by atoms with Crippen LogP contribution in [0.4, 0.5) is 0 Å². The average Bonchev–Trinajstić information content (AvgIpc) is 2.12. The van der Waals surface area contributed by atoms with Crippen molar-refractivity contribution in [1.82, 2.24) is 4.90 Å². The van der Waals surface area contributed by atoms with E-state index < -0.39 is 0 Å². The third-order valence-electron chi connectivity index (χ3n) is 2.81. The highest BCUT2D eigenvalue weighted by molar-refractivity contribution is 4.97. The quantitative estimate of drug-likeness (QED) is 0.513. The van der Waals surface area contributed by atoms with Crippen LogP contribution < -0.4 is 0 Å². The maximum atomic E-state index is 2.64. The Hall–Kier alpha value is -0.0400. The summed E-state index contributed by atoms with van der Waals surface area (Å²) in [7, 11) is 0. The molecule has 9 heavy (non-hydrogen) atoms. The second-order valence-electron chi connectivity index (χ2n) is 3.78. The predicted octanol–water partition coefficient (Wildman–Crippen LogP) is 1.49. The van der Waals surface area contributed by atoms with Crippen molar-refractivity contribution in [3.05, 3.63) is 0 Å². The molecule has 3 aliphatic rings. The van der Waals surface area contributed by atoms with Gasteiger partial charge in [0, 0.05) is 18.6 Å². The van der Waals surface area contributed by atoms with E-state index in [-0.39, 0.29) is 0 Å². The molecular formula is C8H15N. The third-order valence-corrected chi connectivity index (χ3v) is 2.81. The zero-order valence-corrected chi connectivity index (χ0v) is 6.30. The lowest BCUT2D eigenvalue weighted by Crippen LogP contribution is -2.33. The van der Waals surface area contributed by atoms with Gasteiger partial charge in [-0.15, -0.1) is 0 Å². The Bertz CT molecular complexity index is 114. The van der Waals surface area contributed by atoms with Crippen molar-refractivity contribution in [1.29, 1.82) is 0 Å². The molecule has 0 amide bonds. The first-order valence-corrected chi connectivity index (χ1v) is 4.03. The largest absolute Gasteiger partial charge is 0.298 e. The van der Waals surface area contributed by atoms with Crippen molar-refractivity contribution in [2.45, 2.75) is 38.8 Å². The second-order valence-corrected chi connectivity index (χ2v) is 3.78. The van der Waals surface area contributed by atoms with E-state index in [4.69, 9.17) is 0 Å². The van der Waals surface area contributed by atoms with Crippen molar-refractivity contribution in [2.75, 3.05) is 6.54 Å². The van der Waals surface area contributed by atoms with Crippen LogP contribution in [0.5, 0.6) is 0 Å². The molecule has 1 nitrogen and oxygen atoms in total. The standard InChI is InChI=1S/C8H15N/c1-6(2)9-5-7-3-8(9)4-7/h6-8H,3-5H2,1-2H3. The normalized spacial score (nSPS) is 41.7. The molecule has 0 spiro atoms. The number of hydrogen-bond acceptors (Lipinski definition) is 1. The third kappa shape index (κ3) is 0.710. The summed E-state index contributed by atoms with van der Waals surface area (Å²) < 4.78 is 0. The van der Waals surface area contributed by atoms with E-state index in [1.807, 2.05) is 0 Å². The fourth-order valence-electron chi connectivity index (χ4n) is 2.20. The molecule has 2 bridgehead atoms. The average molecular weight is 125 g/mol. The maximum absolute atomic E-state index is 2.64. The first-order chi connectivity index (χ1) is 4.27. The molecule has 0 N–H and O–H groups in total. The fraction of sp³-hybridized carbons (Fsp3) is 1.00. The van der Waals surface area contributed by atoms with E-state index in [0.717, 1.165) is 18.0 Å². The summed E-state index contributed by atoms with van der Waals surface area (Å²) in [6.07, 6.45) is 3.00. The molecule has 0 atom stereocenters. The molecule has 0 unspecified atom stereocenters. The molecule has 0 aromatic heterocycles. The Labute approximate surface area is 57.0 Å². The van der Waals surface area contributed by atoms with Crippen molar-refractivity contribution in [2.24, 2.45) is 5.92 Å². The van der Waals surface area contributed by atoms with Crippen LogP contribution >= 0.6 is 0 Å². The van der Waals surface area contributed by atoms with Gasteiger partial charge >= 0.3 is 0 Å². The van der Waals surface area contributed by atoms with Gasteiger partial charge in [-0.25, -0.2) is 0 Å². The highest BCUT2D eigenvalue weighted by atomic mass is 15.2. The smallest absolute Gasteiger partial charge is 0.0104 e. The molecule has 0 aromatic carbocycles. The summed E-state index contributed by atoms with van der Waals surface area (Å²) in [5, 5.41) is 0. The van der Waals surface area contributed by atoms with E-state index >= 15 is 0 Å². The molecular weight excluding hydrogens is 110 g/mol. The first kappa shape index (κ1) is 5.72. The molecule has 0 radical (unpaired) electrons. The van der Waals surface area contributed by atoms with Crippen LogP contribution in [-0.2, 0) is 0 Å². The Balaban J connectivity index is 2.00. The predicted molar refractivity (Wildman–Crippen MR) is 38.4 cm³/mol. The molecule has 2 saturated heterocycles. The molecule has 3 rings (SSSR count). The number of nitrogens with zero attached hydrogens (tertiary/aromatic N) is 1. The molecule has 1 saturated carbocycles. The SMILES string of the molecule is CC(C)N1CC2CC1C2. The minimum atomic E-state index is 0.794. The van der Waals surface area contributed by atoms with Crippen molar-refractivity contribution in [3.8, 4) is 0 Å². The topological polar surface area (TPSA) is 3.24 Å². The van der Waals surface area contributed by atoms with Crippen LogP contribution in [0, 0.1) is 5.92 Å². The number of fused-ring (bicyclic) bond motifs is 1. The van der Waals surface area contributed by atoms with Crippen LogP contribution in [0.15, 0.2) is 0 Å². The second kappa shape index (κ2) is 1.72. The summed E-state index contributed by atoms with van der Waals surface area (Å²) >= 11 is 0. The van der Waals surface area contributed by atoms with Gasteiger partial charge in [0.2, 0.25) is 0 Å². The number of rotatable bonds is 1. The van der Waals surface area contributed by atoms with E-state index in [1.165, 1.54) is 19.4 Å². The van der Waals surface area contributed by atoms with Gasteiger partial charge in [-0.2, -0.15) is 0 Å². The summed E-state index contributed by atoms with van der Waals surface area (Å²) in [5.74, 6) is 1.08. The van der Waals surface area contributed by atoms with E-state index in [9.17, 15) is 0 Å². The molecule has 3 fully saturated rings. The molecule has 0 aromatic rings. The van der Waals surface area contributed by atoms with E-state index in [1.54, 1.807) is 0 Å². The van der Waals surface area contributed by atoms with Crippen LogP contribution in [-0.4, -0.2) is 23.5 Å². The highest BCUT2D eigenvalue weighted by Crippen LogP contribution is 2.41. The van der Waals surface area contributed by atoms with Gasteiger partial charge < -0.3 is 0 Å². The minimum absolute atomic E-state index is 0.794. The highest BCUT2D eigenvalue weighted by Gasteiger charge is 2.43. The maximum Gasteiger partial charge on any atom is 0.0104 e. The summed E-state index contributed by atoms with van der Waals surface area (Å²) in [5.41, 5.74) is 0. The van der Waals surface area contributed by atoms with Gasteiger partial charge in [-0.3, -0.25) is 4.90 Å². The fourth-order valence-corrected chi connectivity index (χ4v) is 2.20. The van der Waals surface area contributed by atoms with Gasteiger partial charge in [0.15, 0.2) is 0 Å². The lowest BCUT2D eigenvalue weighted by molar-refractivity contribution is 0.206. The summed E-state index contributed by atoms with van der Waals surface area (Å²) in [6.45, 7) is 6.00. The first-order valence-electron chi connectivity index (χ1n) is 4.03. The number of hydrogen-bond donors (Lipinski definition) is 0. The van der Waals surface area contributed by atoms with Crippen LogP contribution in [0.3, 0.4) is 0 Å². The monoisotopic (exact) mass is 125 g/mol. The molecule has 2 aliphatic heterocycles. The Morgan fingerprint density at radius 1 is 1.33 bits per heavy atom. The van der Waals surface area contributed by atoms with Gasteiger partial charge in [0.05, 0.1) is 0 Å². The van der Waals surface area contributed by atoms with Crippen molar-refractivity contribution >= 4 is 0 Å². The minimum Gasteiger partial charge on any atom is -0.298 e. The molecule has 2 heterocycles. The lowest BCUT2D eigenvalue weighted by atomic mass is 9.86. The van der Waals surface area contributed by atoms with Gasteiger partial charge in [0.1, 0.15) is 0 Å². The molecule has 52 valence electrons. The van der Waals surface area contributed by atoms with E-state index in [2.05, 4.69) is 18.7 Å². The van der Waals surface area contributed by atoms with E-state index in [0.29, 0.717) is 0 Å². The summed E-state index contributed by atoms with van der Waals surface area (Å²) in [4.78, 5) is 2.64. The van der Waals surface area contributed by atoms with Crippen molar-refractivity contribution in [3.63, 3.8) is 0 Å². The van der Waals surface area contributed by atoms with Gasteiger partial charge in [-0.1, -0.05) is 0 Å². The Kier molecular flexibility index (Phi) is 1.10. The molecule has 1 aliphatic carbocycles. The van der Waals surface area contributed by atoms with Crippen LogP contribution in [0.2, 0.25) is 0 Å². The van der Waals surface area contributed by atoms with Crippen LogP contribution in [0.25, 0.3) is 0 Å². The van der Waals surface area contributed by atoms with Crippen LogP contribution in [0.1, 0.15) is 26.7 Å². The Morgan fingerprint density at radius 3 is 2.22 bits per heavy atom. The lowest BCUT2D eigenvalue weighted by Gasteiger charge is -2.28. The van der Waals surface area contributed by atoms with Gasteiger partial charge in [0.25, 0.3) is 0 Å². The van der Waals surface area contributed by atoms with Crippen molar-refractivity contribution < 1.29 is 0 Å². The zero-order chi connectivity index (χ0) is 6.43. The Morgan fingerprint density at radius 2 is 2.00 bits per heavy atom. The molecule has 1 heteroatoms.